The zero-order chi connectivity index (χ0) is 15.5. The molecule has 2 aliphatic rings. The highest BCUT2D eigenvalue weighted by Gasteiger charge is 2.42. The maximum Gasteiger partial charge on any atom is 0.222 e. The number of hydrogen-bond donors (Lipinski definition) is 2. The first-order valence-corrected chi connectivity index (χ1v) is 8.40. The van der Waals surface area contributed by atoms with Crippen molar-refractivity contribution in [1.82, 2.24) is 35.5 Å². The van der Waals surface area contributed by atoms with Gasteiger partial charge in [-0.05, 0) is 67.0 Å². The third-order valence-corrected chi connectivity index (χ3v) is 5.02. The number of anilines is 1. The van der Waals surface area contributed by atoms with Gasteiger partial charge in [-0.25, -0.2) is 9.97 Å². The van der Waals surface area contributed by atoms with Crippen molar-refractivity contribution in [2.24, 2.45) is 17.8 Å². The lowest BCUT2D eigenvalue weighted by molar-refractivity contribution is 0.322. The molecule has 0 spiro atoms. The summed E-state index contributed by atoms with van der Waals surface area (Å²) in [7, 11) is 0. The molecule has 1 aliphatic heterocycles. The van der Waals surface area contributed by atoms with Crippen molar-refractivity contribution < 1.29 is 0 Å². The first-order valence-electron chi connectivity index (χ1n) is 8.40. The third-order valence-electron chi connectivity index (χ3n) is 5.02. The van der Waals surface area contributed by atoms with Crippen LogP contribution in [-0.2, 0) is 0 Å². The average molecular weight is 351 g/mol. The number of rotatable bonds is 6. The van der Waals surface area contributed by atoms with Gasteiger partial charge in [0.25, 0.3) is 0 Å². The largest absolute Gasteiger partial charge is 0.354 e. The van der Waals surface area contributed by atoms with E-state index in [1.165, 1.54) is 49.8 Å². The molecule has 2 fully saturated rings. The predicted molar refractivity (Wildman–Crippen MR) is 92.3 cm³/mol. The highest BCUT2D eigenvalue weighted by atomic mass is 35.5. The highest BCUT2D eigenvalue weighted by molar-refractivity contribution is 5.85. The molecule has 2 aromatic heterocycles. The smallest absolute Gasteiger partial charge is 0.222 e. The zero-order valence-corrected chi connectivity index (χ0v) is 14.3. The number of tetrazole rings is 1. The van der Waals surface area contributed by atoms with Gasteiger partial charge in [0.1, 0.15) is 12.0 Å². The summed E-state index contributed by atoms with van der Waals surface area (Å²) in [6, 6.07) is 0. The Morgan fingerprint density at radius 1 is 1.21 bits per heavy atom. The Bertz CT molecular complexity index is 611. The predicted octanol–water partition coefficient (Wildman–Crippen LogP) is 1.31. The maximum atomic E-state index is 4.31. The van der Waals surface area contributed by atoms with Crippen LogP contribution in [0.2, 0.25) is 0 Å². The summed E-state index contributed by atoms with van der Waals surface area (Å²) in [4.78, 5) is 8.63. The van der Waals surface area contributed by atoms with Crippen LogP contribution in [0.4, 0.5) is 5.95 Å². The molecular formula is C15H23ClN8. The maximum absolute atomic E-state index is 4.31. The summed E-state index contributed by atoms with van der Waals surface area (Å²) in [5, 5.41) is 17.8. The monoisotopic (exact) mass is 350 g/mol. The number of piperidine rings is 1. The Kier molecular flexibility index (Phi) is 5.57. The van der Waals surface area contributed by atoms with E-state index in [1.54, 1.807) is 12.4 Å². The van der Waals surface area contributed by atoms with Crippen molar-refractivity contribution >= 4 is 18.4 Å². The van der Waals surface area contributed by atoms with E-state index < -0.39 is 0 Å². The molecule has 130 valence electrons. The van der Waals surface area contributed by atoms with Gasteiger partial charge in [0, 0.05) is 6.54 Å². The second-order valence-electron chi connectivity index (χ2n) is 6.48. The first-order chi connectivity index (χ1) is 11.4. The van der Waals surface area contributed by atoms with Crippen LogP contribution in [0.5, 0.6) is 0 Å². The van der Waals surface area contributed by atoms with Gasteiger partial charge < -0.3 is 10.6 Å². The quantitative estimate of drug-likeness (QED) is 0.811. The summed E-state index contributed by atoms with van der Waals surface area (Å²) in [6.07, 6.45) is 10.3. The molecule has 1 saturated heterocycles. The molecular weight excluding hydrogens is 328 g/mol. The van der Waals surface area contributed by atoms with E-state index in [-0.39, 0.29) is 12.4 Å². The molecule has 8 nitrogen and oxygen atoms in total. The van der Waals surface area contributed by atoms with Crippen LogP contribution >= 0.6 is 12.4 Å². The van der Waals surface area contributed by atoms with E-state index in [4.69, 9.17) is 0 Å². The summed E-state index contributed by atoms with van der Waals surface area (Å²) in [5.74, 6) is 3.47. The third kappa shape index (κ3) is 3.99. The Morgan fingerprint density at radius 3 is 2.71 bits per heavy atom. The van der Waals surface area contributed by atoms with E-state index in [0.29, 0.717) is 5.95 Å². The van der Waals surface area contributed by atoms with E-state index >= 15 is 0 Å². The van der Waals surface area contributed by atoms with Crippen LogP contribution in [0, 0.1) is 17.8 Å². The van der Waals surface area contributed by atoms with Crippen LogP contribution in [0.15, 0.2) is 18.7 Å². The Morgan fingerprint density at radius 2 is 2.00 bits per heavy atom. The minimum absolute atomic E-state index is 0. The summed E-state index contributed by atoms with van der Waals surface area (Å²) in [5.41, 5.74) is 0.758. The van der Waals surface area contributed by atoms with Crippen molar-refractivity contribution in [2.45, 2.75) is 25.7 Å². The average Bonchev–Trinajstić information content (AvgIpc) is 3.17. The van der Waals surface area contributed by atoms with Crippen LogP contribution in [-0.4, -0.2) is 49.8 Å². The highest BCUT2D eigenvalue weighted by Crippen LogP contribution is 2.49. The molecule has 0 radical (unpaired) electrons. The molecule has 1 saturated carbocycles. The molecule has 3 heterocycles. The van der Waals surface area contributed by atoms with Gasteiger partial charge in [-0.15, -0.1) is 17.5 Å². The van der Waals surface area contributed by atoms with Gasteiger partial charge >= 0.3 is 0 Å². The van der Waals surface area contributed by atoms with Gasteiger partial charge in [0.2, 0.25) is 5.95 Å². The van der Waals surface area contributed by atoms with Gasteiger partial charge in [-0.1, -0.05) is 0 Å². The topological polar surface area (TPSA) is 93.4 Å². The Labute approximate surface area is 147 Å². The van der Waals surface area contributed by atoms with Crippen LogP contribution in [0.3, 0.4) is 0 Å². The van der Waals surface area contributed by atoms with Gasteiger partial charge in [-0.3, -0.25) is 0 Å². The number of nitrogens with zero attached hydrogens (tertiary/aromatic N) is 6. The second kappa shape index (κ2) is 7.85. The standard InChI is InChI=1S/C15H22N8.ClH/c1-4-16-5-2-11(1)14-7-12(14)3-6-17-15-18-8-13(9-19-15)23-10-20-21-22-23;/h8-12,14,16H,1-7H2,(H,17,18,19);1H/t12-,14+;/m1./s1. The molecule has 1 aliphatic carbocycles. The molecule has 2 atom stereocenters. The van der Waals surface area contributed by atoms with Crippen molar-refractivity contribution in [3.05, 3.63) is 18.7 Å². The lowest BCUT2D eigenvalue weighted by atomic mass is 9.91. The SMILES string of the molecule is Cl.c1nc(NCC[C@@H]2C[C@H]2C2CCNCC2)ncc1-n1cnnn1. The molecule has 0 bridgehead atoms. The molecule has 4 rings (SSSR count). The van der Waals surface area contributed by atoms with Crippen molar-refractivity contribution in [2.75, 3.05) is 25.0 Å². The number of halogens is 1. The first kappa shape index (κ1) is 17.0. The fraction of sp³-hybridized carbons (Fsp3) is 0.667. The minimum Gasteiger partial charge on any atom is -0.354 e. The van der Waals surface area contributed by atoms with Gasteiger partial charge in [-0.2, -0.15) is 4.68 Å². The van der Waals surface area contributed by atoms with Crippen molar-refractivity contribution in [3.63, 3.8) is 0 Å². The molecule has 0 amide bonds. The zero-order valence-electron chi connectivity index (χ0n) is 13.5. The second-order valence-corrected chi connectivity index (χ2v) is 6.48. The number of hydrogen-bond acceptors (Lipinski definition) is 7. The minimum atomic E-state index is 0. The van der Waals surface area contributed by atoms with Crippen LogP contribution in [0.25, 0.3) is 5.69 Å². The van der Waals surface area contributed by atoms with Crippen LogP contribution in [0.1, 0.15) is 25.7 Å². The fourth-order valence-corrected chi connectivity index (χ4v) is 3.63. The van der Waals surface area contributed by atoms with E-state index in [2.05, 4.69) is 36.1 Å². The lowest BCUT2D eigenvalue weighted by Crippen LogP contribution is -2.29. The molecule has 2 aromatic rings. The molecule has 0 aromatic carbocycles. The van der Waals surface area contributed by atoms with Crippen LogP contribution < -0.4 is 10.6 Å². The van der Waals surface area contributed by atoms with Gasteiger partial charge in [0.05, 0.1) is 12.4 Å². The Balaban J connectivity index is 0.00000169. The number of aromatic nitrogens is 6. The Hall–Kier alpha value is -1.80. The summed E-state index contributed by atoms with van der Waals surface area (Å²) >= 11 is 0. The summed E-state index contributed by atoms with van der Waals surface area (Å²) < 4.78 is 1.54. The molecule has 0 unspecified atom stereocenters. The number of nitrogens with one attached hydrogen (secondary N) is 2. The van der Waals surface area contributed by atoms with Crippen molar-refractivity contribution in [3.8, 4) is 5.69 Å². The lowest BCUT2D eigenvalue weighted by Gasteiger charge is -2.22. The molecule has 2 N–H and O–H groups in total. The summed E-state index contributed by atoms with van der Waals surface area (Å²) in [6.45, 7) is 3.34. The van der Waals surface area contributed by atoms with E-state index in [0.717, 1.165) is 30.0 Å². The fourth-order valence-electron chi connectivity index (χ4n) is 3.63. The van der Waals surface area contributed by atoms with Crippen molar-refractivity contribution in [1.29, 1.82) is 0 Å². The van der Waals surface area contributed by atoms with Gasteiger partial charge in [0.15, 0.2) is 0 Å². The molecule has 24 heavy (non-hydrogen) atoms. The normalized spacial score (nSPS) is 23.5. The van der Waals surface area contributed by atoms with E-state index in [1.807, 2.05) is 0 Å². The molecule has 9 heteroatoms. The van der Waals surface area contributed by atoms with E-state index in [9.17, 15) is 0 Å².